The summed E-state index contributed by atoms with van der Waals surface area (Å²) < 4.78 is 4.86. The Bertz CT molecular complexity index is 470. The standard InChI is InChI=1S/C15H19NO4/c1-3-12(17)10-13(15(19)20-4-2)14(18)16-11-8-6-5-7-9-11/h5-9,13H,3-4,10H2,1-2H3,(H,16,18). The van der Waals surface area contributed by atoms with Crippen LogP contribution in [0.1, 0.15) is 26.7 Å². The Labute approximate surface area is 118 Å². The summed E-state index contributed by atoms with van der Waals surface area (Å²) in [7, 11) is 0. The van der Waals surface area contributed by atoms with Gasteiger partial charge in [-0.1, -0.05) is 25.1 Å². The summed E-state index contributed by atoms with van der Waals surface area (Å²) in [5.41, 5.74) is 0.579. The lowest BCUT2D eigenvalue weighted by Gasteiger charge is -2.14. The van der Waals surface area contributed by atoms with E-state index < -0.39 is 17.8 Å². The minimum atomic E-state index is -1.09. The summed E-state index contributed by atoms with van der Waals surface area (Å²) in [6, 6.07) is 8.78. The van der Waals surface area contributed by atoms with Crippen LogP contribution in [0.4, 0.5) is 5.69 Å². The quantitative estimate of drug-likeness (QED) is 0.612. The minimum Gasteiger partial charge on any atom is -0.465 e. The number of Topliss-reactive ketones (excluding diaryl/α,β-unsaturated/α-hetero) is 1. The zero-order valence-electron chi connectivity index (χ0n) is 11.7. The molecular formula is C15H19NO4. The van der Waals surface area contributed by atoms with E-state index in [0.29, 0.717) is 5.69 Å². The molecule has 1 unspecified atom stereocenters. The van der Waals surface area contributed by atoms with Crippen molar-refractivity contribution in [2.45, 2.75) is 26.7 Å². The number of carbonyl (C=O) groups excluding carboxylic acids is 3. The lowest BCUT2D eigenvalue weighted by Crippen LogP contribution is -2.33. The van der Waals surface area contributed by atoms with Crippen molar-refractivity contribution < 1.29 is 19.1 Å². The van der Waals surface area contributed by atoms with E-state index in [2.05, 4.69) is 5.32 Å². The molecule has 108 valence electrons. The molecule has 20 heavy (non-hydrogen) atoms. The molecule has 0 radical (unpaired) electrons. The smallest absolute Gasteiger partial charge is 0.318 e. The summed E-state index contributed by atoms with van der Waals surface area (Å²) in [5.74, 6) is -2.42. The highest BCUT2D eigenvalue weighted by Gasteiger charge is 2.30. The lowest BCUT2D eigenvalue weighted by atomic mass is 10.00. The molecule has 0 aliphatic carbocycles. The average Bonchev–Trinajstić information content (AvgIpc) is 2.45. The van der Waals surface area contributed by atoms with Crippen molar-refractivity contribution in [3.63, 3.8) is 0 Å². The molecule has 0 fully saturated rings. The van der Waals surface area contributed by atoms with Crippen LogP contribution in [-0.4, -0.2) is 24.3 Å². The molecule has 1 aromatic carbocycles. The largest absolute Gasteiger partial charge is 0.465 e. The Morgan fingerprint density at radius 3 is 2.35 bits per heavy atom. The molecule has 0 spiro atoms. The number of carbonyl (C=O) groups is 3. The number of benzene rings is 1. The third-order valence-corrected chi connectivity index (χ3v) is 2.76. The maximum absolute atomic E-state index is 12.1. The molecule has 0 saturated heterocycles. The van der Waals surface area contributed by atoms with Gasteiger partial charge in [-0.3, -0.25) is 14.4 Å². The Morgan fingerprint density at radius 2 is 1.80 bits per heavy atom. The fourth-order valence-electron chi connectivity index (χ4n) is 1.65. The second-order valence-electron chi connectivity index (χ2n) is 4.26. The zero-order valence-corrected chi connectivity index (χ0v) is 11.7. The summed E-state index contributed by atoms with van der Waals surface area (Å²) >= 11 is 0. The molecule has 1 amide bonds. The number of ether oxygens (including phenoxy) is 1. The van der Waals surface area contributed by atoms with Gasteiger partial charge in [0.2, 0.25) is 5.91 Å². The number of ketones is 1. The maximum atomic E-state index is 12.1. The van der Waals surface area contributed by atoms with Crippen molar-refractivity contribution >= 4 is 23.3 Å². The first-order valence-corrected chi connectivity index (χ1v) is 6.62. The highest BCUT2D eigenvalue weighted by molar-refractivity contribution is 6.07. The number of anilines is 1. The van der Waals surface area contributed by atoms with Gasteiger partial charge in [-0.2, -0.15) is 0 Å². The number of amides is 1. The van der Waals surface area contributed by atoms with Crippen LogP contribution in [0.25, 0.3) is 0 Å². The van der Waals surface area contributed by atoms with Crippen LogP contribution < -0.4 is 5.32 Å². The number of rotatable bonds is 7. The second-order valence-corrected chi connectivity index (χ2v) is 4.26. The normalized spacial score (nSPS) is 11.5. The van der Waals surface area contributed by atoms with Crippen molar-refractivity contribution in [3.05, 3.63) is 30.3 Å². The molecule has 0 aliphatic rings. The van der Waals surface area contributed by atoms with Gasteiger partial charge >= 0.3 is 5.97 Å². The molecule has 0 heterocycles. The van der Waals surface area contributed by atoms with Crippen LogP contribution in [0, 0.1) is 5.92 Å². The third-order valence-electron chi connectivity index (χ3n) is 2.76. The van der Waals surface area contributed by atoms with Crippen molar-refractivity contribution in [1.29, 1.82) is 0 Å². The summed E-state index contributed by atoms with van der Waals surface area (Å²) in [4.78, 5) is 35.4. The van der Waals surface area contributed by atoms with Crippen LogP contribution in [0.2, 0.25) is 0 Å². The Balaban J connectivity index is 2.78. The molecular weight excluding hydrogens is 258 g/mol. The van der Waals surface area contributed by atoms with E-state index in [9.17, 15) is 14.4 Å². The number of hydrogen-bond donors (Lipinski definition) is 1. The highest BCUT2D eigenvalue weighted by Crippen LogP contribution is 2.13. The van der Waals surface area contributed by atoms with E-state index in [1.807, 2.05) is 6.07 Å². The first-order chi connectivity index (χ1) is 9.58. The first-order valence-electron chi connectivity index (χ1n) is 6.62. The molecule has 1 aromatic rings. The van der Waals surface area contributed by atoms with Gasteiger partial charge in [0.25, 0.3) is 0 Å². The number of para-hydroxylation sites is 1. The Morgan fingerprint density at radius 1 is 1.15 bits per heavy atom. The predicted molar refractivity (Wildman–Crippen MR) is 75.1 cm³/mol. The van der Waals surface area contributed by atoms with Gasteiger partial charge in [0.05, 0.1) is 6.61 Å². The molecule has 1 rings (SSSR count). The van der Waals surface area contributed by atoms with Crippen LogP contribution in [0.5, 0.6) is 0 Å². The van der Waals surface area contributed by atoms with Crippen molar-refractivity contribution in [2.24, 2.45) is 5.92 Å². The minimum absolute atomic E-state index is 0.131. The monoisotopic (exact) mass is 277 g/mol. The van der Waals surface area contributed by atoms with Crippen LogP contribution in [-0.2, 0) is 19.1 Å². The van der Waals surface area contributed by atoms with Crippen molar-refractivity contribution in [2.75, 3.05) is 11.9 Å². The molecule has 1 atom stereocenters. The molecule has 0 aliphatic heterocycles. The van der Waals surface area contributed by atoms with Gasteiger partial charge in [0.15, 0.2) is 0 Å². The number of nitrogens with one attached hydrogen (secondary N) is 1. The predicted octanol–water partition coefficient (Wildman–Crippen LogP) is 2.17. The fraction of sp³-hybridized carbons (Fsp3) is 0.400. The summed E-state index contributed by atoms with van der Waals surface area (Å²) in [6.07, 6.45) is 0.155. The molecule has 0 aromatic heterocycles. The fourth-order valence-corrected chi connectivity index (χ4v) is 1.65. The highest BCUT2D eigenvalue weighted by atomic mass is 16.5. The topological polar surface area (TPSA) is 72.5 Å². The summed E-state index contributed by atoms with van der Waals surface area (Å²) in [6.45, 7) is 3.53. The second kappa shape index (κ2) is 8.09. The summed E-state index contributed by atoms with van der Waals surface area (Å²) in [5, 5.41) is 2.62. The van der Waals surface area contributed by atoms with E-state index in [1.165, 1.54) is 0 Å². The molecule has 5 nitrogen and oxygen atoms in total. The molecule has 0 bridgehead atoms. The van der Waals surface area contributed by atoms with Crippen molar-refractivity contribution in [3.8, 4) is 0 Å². The third kappa shape index (κ3) is 4.84. The number of hydrogen-bond acceptors (Lipinski definition) is 4. The first kappa shape index (κ1) is 15.9. The van der Waals surface area contributed by atoms with E-state index >= 15 is 0 Å². The SMILES string of the molecule is CCOC(=O)C(CC(=O)CC)C(=O)Nc1ccccc1. The molecule has 1 N–H and O–H groups in total. The maximum Gasteiger partial charge on any atom is 0.318 e. The molecule has 5 heteroatoms. The average molecular weight is 277 g/mol. The van der Waals surface area contributed by atoms with Crippen molar-refractivity contribution in [1.82, 2.24) is 0 Å². The van der Waals surface area contributed by atoms with E-state index in [-0.39, 0.29) is 25.2 Å². The van der Waals surface area contributed by atoms with Gasteiger partial charge in [0, 0.05) is 18.5 Å². The number of esters is 1. The lowest BCUT2D eigenvalue weighted by molar-refractivity contribution is -0.152. The van der Waals surface area contributed by atoms with Gasteiger partial charge in [-0.25, -0.2) is 0 Å². The van der Waals surface area contributed by atoms with Gasteiger partial charge in [-0.05, 0) is 19.1 Å². The Hall–Kier alpha value is -2.17. The van der Waals surface area contributed by atoms with Gasteiger partial charge in [0.1, 0.15) is 11.7 Å². The zero-order chi connectivity index (χ0) is 15.0. The molecule has 0 saturated carbocycles. The van der Waals surface area contributed by atoms with E-state index in [0.717, 1.165) is 0 Å². The van der Waals surface area contributed by atoms with Gasteiger partial charge in [-0.15, -0.1) is 0 Å². The van der Waals surface area contributed by atoms with Crippen LogP contribution in [0.3, 0.4) is 0 Å². The van der Waals surface area contributed by atoms with E-state index in [1.54, 1.807) is 38.1 Å². The van der Waals surface area contributed by atoms with Gasteiger partial charge < -0.3 is 10.1 Å². The van der Waals surface area contributed by atoms with Crippen LogP contribution in [0.15, 0.2) is 30.3 Å². The van der Waals surface area contributed by atoms with E-state index in [4.69, 9.17) is 4.74 Å². The Kier molecular flexibility index (Phi) is 6.43. The van der Waals surface area contributed by atoms with Crippen LogP contribution >= 0.6 is 0 Å².